The van der Waals surface area contributed by atoms with Crippen molar-refractivity contribution in [3.63, 3.8) is 0 Å². The third kappa shape index (κ3) is 2.86. The van der Waals surface area contributed by atoms with Gasteiger partial charge in [-0.25, -0.2) is 0 Å². The Kier molecular flexibility index (Phi) is 3.80. The lowest BCUT2D eigenvalue weighted by atomic mass is 9.98. The molecule has 0 atom stereocenters. The molecular formula is C13H13BrN2O. The van der Waals surface area contributed by atoms with Crippen LogP contribution in [-0.4, -0.2) is 23.9 Å². The second-order valence-electron chi connectivity index (χ2n) is 4.20. The van der Waals surface area contributed by atoms with Crippen LogP contribution in [0.15, 0.2) is 28.7 Å². The highest BCUT2D eigenvalue weighted by atomic mass is 79.9. The van der Waals surface area contributed by atoms with E-state index in [1.165, 1.54) is 0 Å². The van der Waals surface area contributed by atoms with E-state index >= 15 is 0 Å². The van der Waals surface area contributed by atoms with E-state index in [9.17, 15) is 4.79 Å². The van der Waals surface area contributed by atoms with Gasteiger partial charge < -0.3 is 4.90 Å². The fraction of sp³-hybridized carbons (Fsp3) is 0.385. The minimum atomic E-state index is 0.0638. The van der Waals surface area contributed by atoms with Gasteiger partial charge in [-0.1, -0.05) is 15.9 Å². The summed E-state index contributed by atoms with van der Waals surface area (Å²) in [6, 6.07) is 9.65. The molecule has 1 aliphatic heterocycles. The molecule has 88 valence electrons. The van der Waals surface area contributed by atoms with Crippen LogP contribution in [-0.2, 0) is 0 Å². The van der Waals surface area contributed by atoms with Gasteiger partial charge in [-0.05, 0) is 37.1 Å². The predicted octanol–water partition coefficient (Wildman–Crippen LogP) is 2.82. The molecule has 4 heteroatoms. The maximum Gasteiger partial charge on any atom is 0.253 e. The first-order chi connectivity index (χ1) is 8.20. The molecule has 3 nitrogen and oxygen atoms in total. The molecule has 0 unspecified atom stereocenters. The first-order valence-electron chi connectivity index (χ1n) is 5.65. The van der Waals surface area contributed by atoms with Gasteiger partial charge in [0.1, 0.15) is 0 Å². The summed E-state index contributed by atoms with van der Waals surface area (Å²) in [5, 5.41) is 8.80. The summed E-state index contributed by atoms with van der Waals surface area (Å²) in [6.07, 6.45) is 1.58. The maximum atomic E-state index is 12.1. The van der Waals surface area contributed by atoms with Crippen LogP contribution in [0.3, 0.4) is 0 Å². The Labute approximate surface area is 109 Å². The van der Waals surface area contributed by atoms with Gasteiger partial charge in [-0.15, -0.1) is 0 Å². The Morgan fingerprint density at radius 2 is 1.88 bits per heavy atom. The zero-order chi connectivity index (χ0) is 12.3. The number of carbonyl (C=O) groups excluding carboxylic acids is 1. The topological polar surface area (TPSA) is 44.1 Å². The second kappa shape index (κ2) is 5.33. The van der Waals surface area contributed by atoms with E-state index in [0.717, 1.165) is 17.3 Å². The molecule has 17 heavy (non-hydrogen) atoms. The van der Waals surface area contributed by atoms with Crippen molar-refractivity contribution in [2.75, 3.05) is 13.1 Å². The summed E-state index contributed by atoms with van der Waals surface area (Å²) in [7, 11) is 0. The van der Waals surface area contributed by atoms with Gasteiger partial charge in [-0.2, -0.15) is 5.26 Å². The predicted molar refractivity (Wildman–Crippen MR) is 68.4 cm³/mol. The Balaban J connectivity index is 2.02. The summed E-state index contributed by atoms with van der Waals surface area (Å²) < 4.78 is 0.970. The van der Waals surface area contributed by atoms with E-state index < -0.39 is 0 Å². The fourth-order valence-corrected chi connectivity index (χ4v) is 2.25. The average molecular weight is 293 g/mol. The van der Waals surface area contributed by atoms with Crippen LogP contribution in [0.25, 0.3) is 0 Å². The number of nitriles is 1. The minimum Gasteiger partial charge on any atom is -0.339 e. The van der Waals surface area contributed by atoms with Crippen molar-refractivity contribution in [2.24, 2.45) is 5.92 Å². The van der Waals surface area contributed by atoms with Crippen molar-refractivity contribution < 1.29 is 4.79 Å². The van der Waals surface area contributed by atoms with Crippen molar-refractivity contribution in [3.05, 3.63) is 34.3 Å². The summed E-state index contributed by atoms with van der Waals surface area (Å²) in [4.78, 5) is 14.0. The number of rotatable bonds is 1. The van der Waals surface area contributed by atoms with E-state index in [0.29, 0.717) is 18.7 Å². The first-order valence-corrected chi connectivity index (χ1v) is 6.44. The number of nitrogens with zero attached hydrogens (tertiary/aromatic N) is 2. The van der Waals surface area contributed by atoms with Gasteiger partial charge in [0, 0.05) is 29.0 Å². The molecule has 0 aromatic heterocycles. The second-order valence-corrected chi connectivity index (χ2v) is 5.12. The lowest BCUT2D eigenvalue weighted by molar-refractivity contribution is 0.0707. The monoisotopic (exact) mass is 292 g/mol. The van der Waals surface area contributed by atoms with E-state index in [2.05, 4.69) is 22.0 Å². The molecule has 1 saturated heterocycles. The number of hydrogen-bond donors (Lipinski definition) is 0. The van der Waals surface area contributed by atoms with Crippen LogP contribution < -0.4 is 0 Å². The highest BCUT2D eigenvalue weighted by Crippen LogP contribution is 2.19. The summed E-state index contributed by atoms with van der Waals surface area (Å²) in [5.74, 6) is 0.179. The van der Waals surface area contributed by atoms with Crippen LogP contribution in [0.5, 0.6) is 0 Å². The zero-order valence-corrected chi connectivity index (χ0v) is 11.0. The third-order valence-electron chi connectivity index (χ3n) is 3.06. The van der Waals surface area contributed by atoms with E-state index in [4.69, 9.17) is 5.26 Å². The van der Waals surface area contributed by atoms with Crippen LogP contribution in [0.4, 0.5) is 0 Å². The molecule has 0 spiro atoms. The maximum absolute atomic E-state index is 12.1. The molecule has 1 aliphatic rings. The number of hydrogen-bond acceptors (Lipinski definition) is 2. The van der Waals surface area contributed by atoms with Gasteiger partial charge in [0.25, 0.3) is 5.91 Å². The average Bonchev–Trinajstić information content (AvgIpc) is 2.39. The molecule has 1 fully saturated rings. The van der Waals surface area contributed by atoms with Crippen LogP contribution in [0.2, 0.25) is 0 Å². The van der Waals surface area contributed by atoms with Gasteiger partial charge >= 0.3 is 0 Å². The quantitative estimate of drug-likeness (QED) is 0.799. The molecule has 0 saturated carbocycles. The molecule has 2 rings (SSSR count). The molecule has 0 N–H and O–H groups in total. The summed E-state index contributed by atoms with van der Waals surface area (Å²) in [6.45, 7) is 1.38. The number of benzene rings is 1. The SMILES string of the molecule is N#CC1CCN(C(=O)c2ccc(Br)cc2)CC1. The number of amides is 1. The van der Waals surface area contributed by atoms with Crippen molar-refractivity contribution in [1.82, 2.24) is 4.90 Å². The molecule has 1 aromatic carbocycles. The van der Waals surface area contributed by atoms with E-state index in [1.54, 1.807) is 0 Å². The van der Waals surface area contributed by atoms with Crippen molar-refractivity contribution >= 4 is 21.8 Å². The lowest BCUT2D eigenvalue weighted by Crippen LogP contribution is -2.38. The van der Waals surface area contributed by atoms with Crippen molar-refractivity contribution in [1.29, 1.82) is 5.26 Å². The van der Waals surface area contributed by atoms with E-state index in [1.807, 2.05) is 29.2 Å². The number of likely N-dealkylation sites (tertiary alicyclic amines) is 1. The Morgan fingerprint density at radius 1 is 1.29 bits per heavy atom. The van der Waals surface area contributed by atoms with Crippen molar-refractivity contribution in [3.8, 4) is 6.07 Å². The zero-order valence-electron chi connectivity index (χ0n) is 9.40. The Morgan fingerprint density at radius 3 is 2.41 bits per heavy atom. The van der Waals surface area contributed by atoms with Gasteiger partial charge in [0.15, 0.2) is 0 Å². The largest absolute Gasteiger partial charge is 0.339 e. The standard InChI is InChI=1S/C13H13BrN2O/c14-12-3-1-11(2-4-12)13(17)16-7-5-10(9-15)6-8-16/h1-4,10H,5-8H2. The normalized spacial score (nSPS) is 16.6. The molecule has 1 aromatic rings. The van der Waals surface area contributed by atoms with E-state index in [-0.39, 0.29) is 11.8 Å². The molecule has 0 bridgehead atoms. The van der Waals surface area contributed by atoms with Crippen molar-refractivity contribution in [2.45, 2.75) is 12.8 Å². The summed E-state index contributed by atoms with van der Waals surface area (Å²) in [5.41, 5.74) is 0.712. The highest BCUT2D eigenvalue weighted by molar-refractivity contribution is 9.10. The Bertz CT molecular complexity index is 441. The fourth-order valence-electron chi connectivity index (χ4n) is 1.99. The highest BCUT2D eigenvalue weighted by Gasteiger charge is 2.23. The van der Waals surface area contributed by atoms with Gasteiger partial charge in [0.2, 0.25) is 0 Å². The van der Waals surface area contributed by atoms with Gasteiger partial charge in [0.05, 0.1) is 6.07 Å². The number of halogens is 1. The molecule has 0 aliphatic carbocycles. The molecular weight excluding hydrogens is 280 g/mol. The van der Waals surface area contributed by atoms with Crippen LogP contribution >= 0.6 is 15.9 Å². The van der Waals surface area contributed by atoms with Crippen LogP contribution in [0, 0.1) is 17.2 Å². The summed E-state index contributed by atoms with van der Waals surface area (Å²) >= 11 is 3.35. The molecule has 1 amide bonds. The van der Waals surface area contributed by atoms with Crippen LogP contribution in [0.1, 0.15) is 23.2 Å². The minimum absolute atomic E-state index is 0.0638. The lowest BCUT2D eigenvalue weighted by Gasteiger charge is -2.29. The third-order valence-corrected chi connectivity index (χ3v) is 3.58. The Hall–Kier alpha value is -1.34. The molecule has 0 radical (unpaired) electrons. The first kappa shape index (κ1) is 12.1. The number of carbonyl (C=O) groups is 1. The number of piperidine rings is 1. The smallest absolute Gasteiger partial charge is 0.253 e. The van der Waals surface area contributed by atoms with Gasteiger partial charge in [-0.3, -0.25) is 4.79 Å². The molecule has 1 heterocycles.